The van der Waals surface area contributed by atoms with Gasteiger partial charge in [-0.2, -0.15) is 0 Å². The van der Waals surface area contributed by atoms with E-state index < -0.39 is 0 Å². The molecule has 3 rings (SSSR count). The van der Waals surface area contributed by atoms with Crippen molar-refractivity contribution in [2.75, 3.05) is 36.7 Å². The lowest BCUT2D eigenvalue weighted by molar-refractivity contribution is -0.122. The molecule has 0 saturated carbocycles. The monoisotopic (exact) mass is 276 g/mol. The van der Waals surface area contributed by atoms with Crippen LogP contribution < -0.4 is 9.91 Å². The second-order valence-electron chi connectivity index (χ2n) is 5.20. The van der Waals surface area contributed by atoms with Gasteiger partial charge in [0.2, 0.25) is 0 Å². The number of carbonyl (C=O) groups is 1. The largest absolute Gasteiger partial charge is 0.375 e. The van der Waals surface area contributed by atoms with Gasteiger partial charge in [-0.3, -0.25) is 19.7 Å². The Morgan fingerprint density at radius 3 is 2.85 bits per heavy atom. The summed E-state index contributed by atoms with van der Waals surface area (Å²) in [6.07, 6.45) is 5.93. The first-order chi connectivity index (χ1) is 9.74. The van der Waals surface area contributed by atoms with Crippen LogP contribution in [-0.4, -0.2) is 48.9 Å². The number of hydrogen-bond donors (Lipinski definition) is 0. The maximum atomic E-state index is 12.3. The summed E-state index contributed by atoms with van der Waals surface area (Å²) in [5, 5.41) is 4.51. The maximum Gasteiger partial charge on any atom is 0.254 e. The van der Waals surface area contributed by atoms with Gasteiger partial charge in [-0.15, -0.1) is 0 Å². The van der Waals surface area contributed by atoms with Crippen LogP contribution in [0.4, 0.5) is 11.4 Å². The summed E-state index contributed by atoms with van der Waals surface area (Å²) >= 11 is 0. The van der Waals surface area contributed by atoms with Crippen molar-refractivity contribution in [2.45, 2.75) is 25.9 Å². The number of anilines is 2. The van der Waals surface area contributed by atoms with E-state index in [1.807, 2.05) is 19.2 Å². The average molecular weight is 276 g/mol. The van der Waals surface area contributed by atoms with E-state index in [1.165, 1.54) is 12.8 Å². The zero-order valence-corrected chi connectivity index (χ0v) is 12.0. The van der Waals surface area contributed by atoms with Crippen LogP contribution in [0.15, 0.2) is 18.5 Å². The first-order valence-electron chi connectivity index (χ1n) is 7.03. The van der Waals surface area contributed by atoms with Gasteiger partial charge in [-0.1, -0.05) is 0 Å². The lowest BCUT2D eigenvalue weighted by Crippen LogP contribution is -2.52. The van der Waals surface area contributed by atoms with E-state index >= 15 is 0 Å². The first-order valence-corrected chi connectivity index (χ1v) is 7.03. The third-order valence-electron chi connectivity index (χ3n) is 3.94. The summed E-state index contributed by atoms with van der Waals surface area (Å²) in [4.78, 5) is 18.3. The van der Waals surface area contributed by atoms with E-state index in [1.54, 1.807) is 18.2 Å². The highest BCUT2D eigenvalue weighted by molar-refractivity contribution is 6.00. The van der Waals surface area contributed by atoms with Crippen LogP contribution >= 0.6 is 0 Å². The maximum absolute atomic E-state index is 12.3. The van der Waals surface area contributed by atoms with Crippen molar-refractivity contribution in [1.82, 2.24) is 9.99 Å². The Bertz CT molecular complexity index is 502. The Hall–Kier alpha value is -1.66. The van der Waals surface area contributed by atoms with Crippen molar-refractivity contribution in [1.29, 1.82) is 0 Å². The fourth-order valence-electron chi connectivity index (χ4n) is 3.11. The molecule has 3 heterocycles. The van der Waals surface area contributed by atoms with Gasteiger partial charge in [0.25, 0.3) is 5.91 Å². The highest BCUT2D eigenvalue weighted by Crippen LogP contribution is 2.40. The number of pyridine rings is 1. The Balaban J connectivity index is 1.96. The Morgan fingerprint density at radius 2 is 2.15 bits per heavy atom. The summed E-state index contributed by atoms with van der Waals surface area (Å²) in [5.41, 5.74) is 1.92. The Morgan fingerprint density at radius 1 is 1.40 bits per heavy atom. The van der Waals surface area contributed by atoms with Gasteiger partial charge in [-0.25, -0.2) is 5.01 Å². The molecule has 1 unspecified atom stereocenters. The standard InChI is InChI=1S/C14H20N4O2/c1-11-17(14(19)10-20-2)12-5-6-15-9-13(12)18(11)16-7-3-4-8-16/h5-6,9,11H,3-4,7-8,10H2,1-2H3. The molecule has 0 N–H and O–H groups in total. The van der Waals surface area contributed by atoms with Crippen LogP contribution in [-0.2, 0) is 9.53 Å². The molecular weight excluding hydrogens is 256 g/mol. The number of rotatable bonds is 3. The minimum absolute atomic E-state index is 0.0193. The van der Waals surface area contributed by atoms with E-state index in [4.69, 9.17) is 4.74 Å². The van der Waals surface area contributed by atoms with E-state index in [9.17, 15) is 4.79 Å². The number of nitrogens with zero attached hydrogens (tertiary/aromatic N) is 4. The topological polar surface area (TPSA) is 48.9 Å². The third kappa shape index (κ3) is 2.05. The number of hydrazine groups is 1. The van der Waals surface area contributed by atoms with Gasteiger partial charge < -0.3 is 4.74 Å². The highest BCUT2D eigenvalue weighted by Gasteiger charge is 2.40. The minimum atomic E-state index is -0.0325. The Labute approximate surface area is 118 Å². The molecule has 0 spiro atoms. The van der Waals surface area contributed by atoms with Gasteiger partial charge >= 0.3 is 0 Å². The number of aromatic nitrogens is 1. The number of methoxy groups -OCH3 is 1. The van der Waals surface area contributed by atoms with Crippen molar-refractivity contribution < 1.29 is 9.53 Å². The predicted octanol–water partition coefficient (Wildman–Crippen LogP) is 1.24. The third-order valence-corrected chi connectivity index (χ3v) is 3.94. The van der Waals surface area contributed by atoms with Gasteiger partial charge in [0.1, 0.15) is 12.8 Å². The number of amides is 1. The smallest absolute Gasteiger partial charge is 0.254 e. The van der Waals surface area contributed by atoms with Crippen molar-refractivity contribution >= 4 is 17.3 Å². The van der Waals surface area contributed by atoms with Gasteiger partial charge in [0, 0.05) is 26.4 Å². The predicted molar refractivity (Wildman–Crippen MR) is 76.3 cm³/mol. The van der Waals surface area contributed by atoms with Crippen LogP contribution in [0.1, 0.15) is 19.8 Å². The van der Waals surface area contributed by atoms with E-state index in [0.717, 1.165) is 24.5 Å². The summed E-state index contributed by atoms with van der Waals surface area (Å²) < 4.78 is 5.00. The van der Waals surface area contributed by atoms with Crippen molar-refractivity contribution in [2.24, 2.45) is 0 Å². The molecule has 6 nitrogen and oxygen atoms in total. The van der Waals surface area contributed by atoms with E-state index in [2.05, 4.69) is 15.0 Å². The molecule has 2 aliphatic heterocycles. The summed E-state index contributed by atoms with van der Waals surface area (Å²) in [6.45, 7) is 4.21. The molecule has 2 aliphatic rings. The highest BCUT2D eigenvalue weighted by atomic mass is 16.5. The Kier molecular flexibility index (Phi) is 3.58. The lowest BCUT2D eigenvalue weighted by Gasteiger charge is -2.35. The molecule has 1 atom stereocenters. The lowest BCUT2D eigenvalue weighted by atomic mass is 10.3. The number of fused-ring (bicyclic) bond motifs is 1. The van der Waals surface area contributed by atoms with Crippen molar-refractivity contribution in [3.63, 3.8) is 0 Å². The molecule has 0 aromatic carbocycles. The zero-order valence-electron chi connectivity index (χ0n) is 12.0. The molecular formula is C14H20N4O2. The molecule has 1 fully saturated rings. The van der Waals surface area contributed by atoms with Crippen LogP contribution in [0.3, 0.4) is 0 Å². The molecule has 6 heteroatoms. The first kappa shape index (κ1) is 13.3. The summed E-state index contributed by atoms with van der Waals surface area (Å²) in [6, 6.07) is 1.90. The van der Waals surface area contributed by atoms with Gasteiger partial charge in [0.05, 0.1) is 17.6 Å². The second-order valence-corrected chi connectivity index (χ2v) is 5.20. The fourth-order valence-corrected chi connectivity index (χ4v) is 3.11. The fraction of sp³-hybridized carbons (Fsp3) is 0.571. The van der Waals surface area contributed by atoms with E-state index in [0.29, 0.717) is 0 Å². The molecule has 1 amide bonds. The molecule has 108 valence electrons. The van der Waals surface area contributed by atoms with E-state index in [-0.39, 0.29) is 18.7 Å². The molecule has 0 bridgehead atoms. The number of hydrogen-bond acceptors (Lipinski definition) is 5. The SMILES string of the molecule is COCC(=O)N1c2ccncc2N(N2CCCC2)C1C. The van der Waals surface area contributed by atoms with Crippen LogP contribution in [0.5, 0.6) is 0 Å². The second kappa shape index (κ2) is 5.38. The average Bonchev–Trinajstić information content (AvgIpc) is 3.03. The molecule has 1 saturated heterocycles. The molecule has 1 aromatic heterocycles. The number of carbonyl (C=O) groups excluding carboxylic acids is 1. The summed E-state index contributed by atoms with van der Waals surface area (Å²) in [5.74, 6) is -0.0193. The van der Waals surface area contributed by atoms with Gasteiger partial charge in [-0.05, 0) is 25.8 Å². The van der Waals surface area contributed by atoms with Crippen LogP contribution in [0, 0.1) is 0 Å². The summed E-state index contributed by atoms with van der Waals surface area (Å²) in [7, 11) is 1.55. The zero-order chi connectivity index (χ0) is 14.1. The van der Waals surface area contributed by atoms with Crippen LogP contribution in [0.2, 0.25) is 0 Å². The molecule has 20 heavy (non-hydrogen) atoms. The molecule has 0 radical (unpaired) electrons. The number of ether oxygens (including phenoxy) is 1. The van der Waals surface area contributed by atoms with Crippen molar-refractivity contribution in [3.8, 4) is 0 Å². The van der Waals surface area contributed by atoms with Crippen molar-refractivity contribution in [3.05, 3.63) is 18.5 Å². The minimum Gasteiger partial charge on any atom is -0.375 e. The van der Waals surface area contributed by atoms with Gasteiger partial charge in [0.15, 0.2) is 0 Å². The normalized spacial score (nSPS) is 22.4. The molecule has 0 aliphatic carbocycles. The molecule has 1 aromatic rings. The quantitative estimate of drug-likeness (QED) is 0.831. The van der Waals surface area contributed by atoms with Crippen LogP contribution in [0.25, 0.3) is 0 Å².